The predicted octanol–water partition coefficient (Wildman–Crippen LogP) is 7.41. The molecule has 3 aromatic carbocycles. The lowest BCUT2D eigenvalue weighted by atomic mass is 9.97. The summed E-state index contributed by atoms with van der Waals surface area (Å²) in [6.07, 6.45) is 4.14. The minimum atomic E-state index is -0.611. The first kappa shape index (κ1) is 25.6. The summed E-state index contributed by atoms with van der Waals surface area (Å²) in [6.45, 7) is 4.00. The largest absolute Gasteiger partial charge is 0.325 e. The van der Waals surface area contributed by atoms with Crippen LogP contribution in [0, 0.1) is 13.8 Å². The van der Waals surface area contributed by atoms with Crippen LogP contribution in [0.4, 0.5) is 5.69 Å². The van der Waals surface area contributed by atoms with Crippen molar-refractivity contribution in [3.63, 3.8) is 0 Å². The molecule has 0 saturated carbocycles. The van der Waals surface area contributed by atoms with E-state index in [0.29, 0.717) is 5.16 Å². The van der Waals surface area contributed by atoms with E-state index < -0.39 is 5.25 Å². The SMILES string of the molecule is Cc1ccc(C)c(NC(=O)C(Sc2nc3sc4c(c3c(=O)n2-c2ccccc2)CCCC4)c2ccccc2)c1. The highest BCUT2D eigenvalue weighted by Gasteiger charge is 2.28. The van der Waals surface area contributed by atoms with Crippen LogP contribution in [-0.4, -0.2) is 15.5 Å². The number of hydrogen-bond acceptors (Lipinski definition) is 5. The van der Waals surface area contributed by atoms with Gasteiger partial charge in [-0.25, -0.2) is 4.98 Å². The number of anilines is 1. The molecular weight excluding hydrogens is 523 g/mol. The van der Waals surface area contributed by atoms with Gasteiger partial charge in [-0.1, -0.05) is 72.4 Å². The molecule has 1 aliphatic rings. The van der Waals surface area contributed by atoms with Gasteiger partial charge in [-0.3, -0.25) is 14.2 Å². The number of carbonyl (C=O) groups is 1. The number of aryl methyl sites for hydroxylation is 4. The van der Waals surface area contributed by atoms with E-state index in [2.05, 4.69) is 5.32 Å². The zero-order valence-electron chi connectivity index (χ0n) is 21.9. The van der Waals surface area contributed by atoms with Crippen molar-refractivity contribution in [2.24, 2.45) is 0 Å². The van der Waals surface area contributed by atoms with Crippen molar-refractivity contribution in [3.05, 3.63) is 116 Å². The summed E-state index contributed by atoms with van der Waals surface area (Å²) < 4.78 is 1.69. The highest BCUT2D eigenvalue weighted by molar-refractivity contribution is 8.00. The predicted molar refractivity (Wildman–Crippen MR) is 161 cm³/mol. The number of nitrogens with zero attached hydrogens (tertiary/aromatic N) is 2. The molecule has 0 radical (unpaired) electrons. The molecule has 0 saturated heterocycles. The fraction of sp³-hybridized carbons (Fsp3) is 0.219. The van der Waals surface area contributed by atoms with Crippen molar-refractivity contribution in [2.75, 3.05) is 5.32 Å². The third kappa shape index (κ3) is 5.04. The number of amides is 1. The molecule has 2 aromatic heterocycles. The molecule has 5 aromatic rings. The monoisotopic (exact) mass is 551 g/mol. The van der Waals surface area contributed by atoms with Gasteiger partial charge < -0.3 is 5.32 Å². The maximum Gasteiger partial charge on any atom is 0.267 e. The molecule has 6 rings (SSSR count). The summed E-state index contributed by atoms with van der Waals surface area (Å²) in [4.78, 5) is 35.2. The molecule has 1 aliphatic carbocycles. The number of carbonyl (C=O) groups excluding carboxylic acids is 1. The first-order valence-electron chi connectivity index (χ1n) is 13.2. The number of para-hydroxylation sites is 1. The average molecular weight is 552 g/mol. The van der Waals surface area contributed by atoms with Crippen LogP contribution >= 0.6 is 23.1 Å². The number of fused-ring (bicyclic) bond motifs is 3. The molecule has 0 fully saturated rings. The zero-order valence-corrected chi connectivity index (χ0v) is 23.6. The summed E-state index contributed by atoms with van der Waals surface area (Å²) in [5, 5.41) is 3.79. The van der Waals surface area contributed by atoms with Crippen LogP contribution in [0.15, 0.2) is 88.8 Å². The highest BCUT2D eigenvalue weighted by Crippen LogP contribution is 2.39. The number of hydrogen-bond donors (Lipinski definition) is 1. The molecule has 1 atom stereocenters. The van der Waals surface area contributed by atoms with Crippen LogP contribution in [0.2, 0.25) is 0 Å². The Labute approximate surface area is 235 Å². The summed E-state index contributed by atoms with van der Waals surface area (Å²) >= 11 is 2.95. The van der Waals surface area contributed by atoms with E-state index in [4.69, 9.17) is 4.98 Å². The number of nitrogens with one attached hydrogen (secondary N) is 1. The molecule has 7 heteroatoms. The van der Waals surface area contributed by atoms with Crippen LogP contribution < -0.4 is 10.9 Å². The van der Waals surface area contributed by atoms with Crippen molar-refractivity contribution in [3.8, 4) is 5.69 Å². The Morgan fingerprint density at radius 3 is 2.46 bits per heavy atom. The van der Waals surface area contributed by atoms with E-state index in [0.717, 1.165) is 69.5 Å². The van der Waals surface area contributed by atoms with Gasteiger partial charge in [-0.2, -0.15) is 0 Å². The molecule has 5 nitrogen and oxygen atoms in total. The zero-order chi connectivity index (χ0) is 26.9. The standard InChI is InChI=1S/C32H29N3O2S2/c1-20-17-18-21(2)25(19-20)33-29(36)28(22-11-5-3-6-12-22)39-32-34-30-27(24-15-9-10-16-26(24)38-30)31(37)35(32)23-13-7-4-8-14-23/h3-8,11-14,17-19,28H,9-10,15-16H2,1-2H3,(H,33,36). The third-order valence-electron chi connectivity index (χ3n) is 7.19. The smallest absolute Gasteiger partial charge is 0.267 e. The number of thioether (sulfide) groups is 1. The Balaban J connectivity index is 1.49. The fourth-order valence-corrected chi connectivity index (χ4v) is 7.56. The quantitative estimate of drug-likeness (QED) is 0.176. The van der Waals surface area contributed by atoms with Gasteiger partial charge in [-0.15, -0.1) is 11.3 Å². The van der Waals surface area contributed by atoms with Crippen molar-refractivity contribution in [1.29, 1.82) is 0 Å². The van der Waals surface area contributed by atoms with Crippen molar-refractivity contribution < 1.29 is 4.79 Å². The third-order valence-corrected chi connectivity index (χ3v) is 9.58. The highest BCUT2D eigenvalue weighted by atomic mass is 32.2. The van der Waals surface area contributed by atoms with Gasteiger partial charge in [0.2, 0.25) is 5.91 Å². The van der Waals surface area contributed by atoms with Gasteiger partial charge in [-0.05, 0) is 80.0 Å². The Hall–Kier alpha value is -3.68. The van der Waals surface area contributed by atoms with Crippen LogP contribution in [0.1, 0.15) is 45.2 Å². The van der Waals surface area contributed by atoms with Gasteiger partial charge in [0, 0.05) is 10.6 Å². The Bertz CT molecular complexity index is 1730. The molecule has 0 spiro atoms. The van der Waals surface area contributed by atoms with Gasteiger partial charge in [0.15, 0.2) is 5.16 Å². The number of thiophene rings is 1. The fourth-order valence-electron chi connectivity index (χ4n) is 5.15. The molecule has 39 heavy (non-hydrogen) atoms. The molecule has 1 N–H and O–H groups in total. The van der Waals surface area contributed by atoms with Gasteiger partial charge in [0.05, 0.1) is 11.1 Å². The lowest BCUT2D eigenvalue weighted by Crippen LogP contribution is -2.24. The van der Waals surface area contributed by atoms with Crippen molar-refractivity contribution >= 4 is 44.9 Å². The van der Waals surface area contributed by atoms with E-state index in [1.807, 2.05) is 92.7 Å². The van der Waals surface area contributed by atoms with E-state index in [9.17, 15) is 9.59 Å². The minimum Gasteiger partial charge on any atom is -0.325 e. The normalized spacial score (nSPS) is 13.7. The Morgan fingerprint density at radius 1 is 0.974 bits per heavy atom. The van der Waals surface area contributed by atoms with Crippen molar-refractivity contribution in [2.45, 2.75) is 49.9 Å². The van der Waals surface area contributed by atoms with Gasteiger partial charge in [0.25, 0.3) is 5.56 Å². The van der Waals surface area contributed by atoms with Crippen molar-refractivity contribution in [1.82, 2.24) is 9.55 Å². The molecular formula is C32H29N3O2S2. The van der Waals surface area contributed by atoms with Crippen LogP contribution in [0.5, 0.6) is 0 Å². The minimum absolute atomic E-state index is 0.0603. The van der Waals surface area contributed by atoms with Gasteiger partial charge in [0.1, 0.15) is 10.1 Å². The van der Waals surface area contributed by atoms with E-state index in [1.54, 1.807) is 15.9 Å². The second-order valence-corrected chi connectivity index (χ2v) is 12.1. The average Bonchev–Trinajstić information content (AvgIpc) is 3.33. The van der Waals surface area contributed by atoms with E-state index in [1.165, 1.54) is 16.6 Å². The maximum atomic E-state index is 14.2. The lowest BCUT2D eigenvalue weighted by molar-refractivity contribution is -0.115. The van der Waals surface area contributed by atoms with Crippen LogP contribution in [-0.2, 0) is 17.6 Å². The van der Waals surface area contributed by atoms with Crippen LogP contribution in [0.25, 0.3) is 15.9 Å². The summed E-state index contributed by atoms with van der Waals surface area (Å²) in [7, 11) is 0. The molecule has 2 heterocycles. The number of benzene rings is 3. The molecule has 0 bridgehead atoms. The number of aromatic nitrogens is 2. The van der Waals surface area contributed by atoms with E-state index in [-0.39, 0.29) is 11.5 Å². The number of rotatable bonds is 6. The summed E-state index contributed by atoms with van der Waals surface area (Å²) in [6, 6.07) is 25.4. The molecule has 0 aliphatic heterocycles. The first-order valence-corrected chi connectivity index (χ1v) is 14.9. The molecule has 1 amide bonds. The Morgan fingerprint density at radius 2 is 1.69 bits per heavy atom. The first-order chi connectivity index (χ1) is 19.0. The second-order valence-electron chi connectivity index (χ2n) is 9.98. The lowest BCUT2D eigenvalue weighted by Gasteiger charge is -2.20. The van der Waals surface area contributed by atoms with Crippen LogP contribution in [0.3, 0.4) is 0 Å². The summed E-state index contributed by atoms with van der Waals surface area (Å²) in [5.74, 6) is -0.153. The maximum absolute atomic E-state index is 14.2. The molecule has 1 unspecified atom stereocenters. The molecule has 196 valence electrons. The van der Waals surface area contributed by atoms with E-state index >= 15 is 0 Å². The second kappa shape index (κ2) is 10.8. The van der Waals surface area contributed by atoms with Gasteiger partial charge >= 0.3 is 0 Å². The Kier molecular flexibility index (Phi) is 7.11. The topological polar surface area (TPSA) is 64.0 Å². The summed E-state index contributed by atoms with van der Waals surface area (Å²) in [5.41, 5.74) is 5.56.